The van der Waals surface area contributed by atoms with Gasteiger partial charge in [-0.1, -0.05) is 11.2 Å². The summed E-state index contributed by atoms with van der Waals surface area (Å²) in [4.78, 5) is 12.4. The normalized spacial score (nSPS) is 19.9. The number of thioether (sulfide) groups is 1. The van der Waals surface area contributed by atoms with Crippen LogP contribution in [0.3, 0.4) is 0 Å². The van der Waals surface area contributed by atoms with Gasteiger partial charge in [0.25, 0.3) is 0 Å². The van der Waals surface area contributed by atoms with E-state index in [-0.39, 0.29) is 17.9 Å². The van der Waals surface area contributed by atoms with Gasteiger partial charge in [0.15, 0.2) is 11.6 Å². The van der Waals surface area contributed by atoms with E-state index in [9.17, 15) is 13.6 Å². The molecule has 1 amide bonds. The van der Waals surface area contributed by atoms with E-state index < -0.39 is 11.6 Å². The van der Waals surface area contributed by atoms with Crippen molar-refractivity contribution in [3.05, 3.63) is 52.4 Å². The van der Waals surface area contributed by atoms with Crippen molar-refractivity contribution in [3.8, 4) is 0 Å². The number of piperidine rings is 1. The number of carbonyl (C=O) groups is 1. The van der Waals surface area contributed by atoms with Gasteiger partial charge in [-0.2, -0.15) is 0 Å². The molecule has 146 valence electrons. The molecule has 2 unspecified atom stereocenters. The van der Waals surface area contributed by atoms with Gasteiger partial charge in [0.1, 0.15) is 5.76 Å². The molecule has 2 aromatic rings. The van der Waals surface area contributed by atoms with E-state index in [1.54, 1.807) is 6.07 Å². The minimum atomic E-state index is -0.857. The Kier molecular flexibility index (Phi) is 6.49. The molecule has 8 heteroatoms. The summed E-state index contributed by atoms with van der Waals surface area (Å²) in [6.07, 6.45) is 0.752. The van der Waals surface area contributed by atoms with E-state index in [4.69, 9.17) is 4.52 Å². The van der Waals surface area contributed by atoms with E-state index in [1.165, 1.54) is 17.8 Å². The van der Waals surface area contributed by atoms with Crippen molar-refractivity contribution in [1.82, 2.24) is 15.8 Å². The number of nitrogens with zero attached hydrogens (tertiary/aromatic N) is 1. The zero-order valence-electron chi connectivity index (χ0n) is 15.4. The lowest BCUT2D eigenvalue weighted by molar-refractivity contribution is -0.119. The highest BCUT2D eigenvalue weighted by Gasteiger charge is 2.28. The van der Waals surface area contributed by atoms with Crippen molar-refractivity contribution in [2.75, 3.05) is 18.8 Å². The fraction of sp³-hybridized carbons (Fsp3) is 0.474. The number of benzene rings is 1. The average Bonchev–Trinajstić information content (AvgIpc) is 2.96. The molecule has 0 aliphatic carbocycles. The lowest BCUT2D eigenvalue weighted by Crippen LogP contribution is -2.50. The van der Waals surface area contributed by atoms with Crippen LogP contribution in [0, 0.1) is 25.5 Å². The number of rotatable bonds is 6. The molecule has 2 atom stereocenters. The van der Waals surface area contributed by atoms with Crippen molar-refractivity contribution in [3.63, 3.8) is 0 Å². The molecule has 5 nitrogen and oxygen atoms in total. The van der Waals surface area contributed by atoms with Crippen LogP contribution in [0.1, 0.15) is 34.9 Å². The Hall–Kier alpha value is -1.93. The van der Waals surface area contributed by atoms with Gasteiger partial charge in [-0.25, -0.2) is 8.78 Å². The molecule has 1 aliphatic heterocycles. The number of amides is 1. The molecule has 1 aromatic carbocycles. The van der Waals surface area contributed by atoms with Gasteiger partial charge < -0.3 is 15.2 Å². The van der Waals surface area contributed by atoms with Crippen LogP contribution in [0.15, 0.2) is 22.7 Å². The zero-order chi connectivity index (χ0) is 19.4. The first-order valence-corrected chi connectivity index (χ1v) is 10.1. The first-order chi connectivity index (χ1) is 13.0. The quantitative estimate of drug-likeness (QED) is 0.787. The van der Waals surface area contributed by atoms with E-state index in [1.807, 2.05) is 13.8 Å². The Balaban J connectivity index is 1.57. The molecule has 27 heavy (non-hydrogen) atoms. The summed E-state index contributed by atoms with van der Waals surface area (Å²) in [5.41, 5.74) is 2.58. The molecule has 0 radical (unpaired) electrons. The van der Waals surface area contributed by atoms with Gasteiger partial charge in [-0.15, -0.1) is 11.8 Å². The average molecular weight is 395 g/mol. The minimum Gasteiger partial charge on any atom is -0.361 e. The van der Waals surface area contributed by atoms with Gasteiger partial charge in [0.05, 0.1) is 11.4 Å². The highest BCUT2D eigenvalue weighted by molar-refractivity contribution is 7.99. The summed E-state index contributed by atoms with van der Waals surface area (Å²) in [6.45, 7) is 5.11. The van der Waals surface area contributed by atoms with Crippen molar-refractivity contribution >= 4 is 17.7 Å². The molecule has 2 N–H and O–H groups in total. The summed E-state index contributed by atoms with van der Waals surface area (Å²) in [6, 6.07) is 3.82. The summed E-state index contributed by atoms with van der Waals surface area (Å²) in [5.74, 6) is -0.0915. The van der Waals surface area contributed by atoms with Crippen LogP contribution >= 0.6 is 11.8 Å². The first kappa shape index (κ1) is 19.8. The minimum absolute atomic E-state index is 0.0436. The smallest absolute Gasteiger partial charge is 0.230 e. The summed E-state index contributed by atoms with van der Waals surface area (Å²) >= 11 is 1.50. The SMILES string of the molecule is Cc1noc(C)c1CSCC(=O)NC1CNCCC1c1ccc(F)c(F)c1. The molecule has 1 saturated heterocycles. The van der Waals surface area contributed by atoms with Gasteiger partial charge in [-0.05, 0) is 44.5 Å². The number of hydrogen-bond acceptors (Lipinski definition) is 5. The number of aryl methyl sites for hydroxylation is 2. The van der Waals surface area contributed by atoms with Gasteiger partial charge in [0, 0.05) is 29.8 Å². The van der Waals surface area contributed by atoms with E-state index in [0.29, 0.717) is 23.6 Å². The Morgan fingerprint density at radius 3 is 2.89 bits per heavy atom. The largest absolute Gasteiger partial charge is 0.361 e. The number of carbonyl (C=O) groups excluding carboxylic acids is 1. The standard InChI is InChI=1S/C19H23F2N3O2S/c1-11-15(12(2)26-24-11)9-27-10-19(25)23-18-8-22-6-5-14(18)13-3-4-16(20)17(21)7-13/h3-4,7,14,18,22H,5-6,8-10H2,1-2H3,(H,23,25). The molecule has 1 aliphatic rings. The third-order valence-corrected chi connectivity index (χ3v) is 5.82. The van der Waals surface area contributed by atoms with E-state index in [2.05, 4.69) is 15.8 Å². The van der Waals surface area contributed by atoms with Crippen molar-refractivity contribution in [2.45, 2.75) is 38.0 Å². The van der Waals surface area contributed by atoms with Crippen LogP contribution in [0.5, 0.6) is 0 Å². The predicted molar refractivity (Wildman–Crippen MR) is 101 cm³/mol. The third kappa shape index (κ3) is 4.87. The molecular formula is C19H23F2N3O2S. The second kappa shape index (κ2) is 8.84. The van der Waals surface area contributed by atoms with Crippen LogP contribution in [-0.2, 0) is 10.5 Å². The third-order valence-electron chi connectivity index (χ3n) is 4.86. The molecule has 1 fully saturated rings. The Bertz CT molecular complexity index is 793. The topological polar surface area (TPSA) is 67.2 Å². The zero-order valence-corrected chi connectivity index (χ0v) is 16.2. The maximum absolute atomic E-state index is 13.6. The van der Waals surface area contributed by atoms with Crippen molar-refractivity contribution < 1.29 is 18.1 Å². The summed E-state index contributed by atoms with van der Waals surface area (Å²) in [7, 11) is 0. The molecule has 2 heterocycles. The van der Waals surface area contributed by atoms with E-state index >= 15 is 0 Å². The number of halogens is 2. The fourth-order valence-electron chi connectivity index (χ4n) is 3.35. The van der Waals surface area contributed by atoms with Crippen LogP contribution in [0.2, 0.25) is 0 Å². The second-order valence-electron chi connectivity index (χ2n) is 6.74. The van der Waals surface area contributed by atoms with Gasteiger partial charge >= 0.3 is 0 Å². The van der Waals surface area contributed by atoms with Crippen LogP contribution in [0.25, 0.3) is 0 Å². The molecule has 3 rings (SSSR count). The van der Waals surface area contributed by atoms with Crippen molar-refractivity contribution in [2.24, 2.45) is 0 Å². The van der Waals surface area contributed by atoms with Crippen molar-refractivity contribution in [1.29, 1.82) is 0 Å². The molecule has 1 aromatic heterocycles. The molecular weight excluding hydrogens is 372 g/mol. The van der Waals surface area contributed by atoms with Crippen LogP contribution < -0.4 is 10.6 Å². The predicted octanol–water partition coefficient (Wildman–Crippen LogP) is 3.06. The number of nitrogens with one attached hydrogen (secondary N) is 2. The molecule has 0 bridgehead atoms. The number of aromatic nitrogens is 1. The molecule has 0 spiro atoms. The maximum Gasteiger partial charge on any atom is 0.230 e. The highest BCUT2D eigenvalue weighted by Crippen LogP contribution is 2.27. The lowest BCUT2D eigenvalue weighted by Gasteiger charge is -2.33. The Labute approximate surface area is 161 Å². The highest BCUT2D eigenvalue weighted by atomic mass is 32.2. The second-order valence-corrected chi connectivity index (χ2v) is 7.73. The lowest BCUT2D eigenvalue weighted by atomic mass is 9.86. The van der Waals surface area contributed by atoms with Gasteiger partial charge in [0.2, 0.25) is 5.91 Å². The number of hydrogen-bond donors (Lipinski definition) is 2. The van der Waals surface area contributed by atoms with Crippen LogP contribution in [-0.4, -0.2) is 35.9 Å². The van der Waals surface area contributed by atoms with E-state index in [0.717, 1.165) is 36.0 Å². The Morgan fingerprint density at radius 2 is 2.19 bits per heavy atom. The summed E-state index contributed by atoms with van der Waals surface area (Å²) < 4.78 is 31.9. The maximum atomic E-state index is 13.6. The molecule has 0 saturated carbocycles. The summed E-state index contributed by atoms with van der Waals surface area (Å²) in [5, 5.41) is 10.2. The Morgan fingerprint density at radius 1 is 1.37 bits per heavy atom. The fourth-order valence-corrected chi connectivity index (χ4v) is 4.34. The monoisotopic (exact) mass is 395 g/mol. The van der Waals surface area contributed by atoms with Crippen LogP contribution in [0.4, 0.5) is 8.78 Å². The van der Waals surface area contributed by atoms with Gasteiger partial charge in [-0.3, -0.25) is 4.79 Å². The first-order valence-electron chi connectivity index (χ1n) is 8.90.